The summed E-state index contributed by atoms with van der Waals surface area (Å²) in [4.78, 5) is 15.2. The molecular formula is C25H28FN3O4. The zero-order valence-corrected chi connectivity index (χ0v) is 19.1. The molecule has 1 N–H and O–H groups in total. The number of hydrogen-bond acceptors (Lipinski definition) is 6. The molecule has 174 valence electrons. The predicted octanol–water partition coefficient (Wildman–Crippen LogP) is 5.26. The Morgan fingerprint density at radius 3 is 2.61 bits per heavy atom. The number of methoxy groups -OCH3 is 1. The highest BCUT2D eigenvalue weighted by Crippen LogP contribution is 2.32. The quantitative estimate of drug-likeness (QED) is 0.526. The van der Waals surface area contributed by atoms with E-state index in [1.54, 1.807) is 24.3 Å². The largest absolute Gasteiger partial charge is 0.493 e. The highest BCUT2D eigenvalue weighted by atomic mass is 19.1. The number of amides is 1. The second-order valence-electron chi connectivity index (χ2n) is 8.12. The van der Waals surface area contributed by atoms with Crippen molar-refractivity contribution in [1.82, 2.24) is 5.16 Å². The Morgan fingerprint density at radius 2 is 1.91 bits per heavy atom. The molecule has 2 aromatic carbocycles. The molecule has 0 atom stereocenters. The van der Waals surface area contributed by atoms with E-state index in [1.807, 2.05) is 13.8 Å². The van der Waals surface area contributed by atoms with Crippen molar-refractivity contribution in [2.45, 2.75) is 39.7 Å². The second-order valence-corrected chi connectivity index (χ2v) is 8.12. The summed E-state index contributed by atoms with van der Waals surface area (Å²) in [6.07, 6.45) is 3.35. The van der Waals surface area contributed by atoms with Crippen LogP contribution in [0.1, 0.15) is 46.6 Å². The van der Waals surface area contributed by atoms with Crippen LogP contribution in [0.5, 0.6) is 11.5 Å². The summed E-state index contributed by atoms with van der Waals surface area (Å²) in [7, 11) is 1.51. The number of aryl methyl sites for hydroxylation is 2. The van der Waals surface area contributed by atoms with E-state index in [0.717, 1.165) is 42.9 Å². The number of carbonyl (C=O) groups is 1. The summed E-state index contributed by atoms with van der Waals surface area (Å²) in [5, 5.41) is 6.79. The third-order valence-electron chi connectivity index (χ3n) is 5.88. The van der Waals surface area contributed by atoms with Crippen LogP contribution >= 0.6 is 0 Å². The molecule has 0 saturated carbocycles. The summed E-state index contributed by atoms with van der Waals surface area (Å²) in [6, 6.07) is 9.46. The Kier molecular flexibility index (Phi) is 6.82. The lowest BCUT2D eigenvalue weighted by Gasteiger charge is -2.30. The lowest BCUT2D eigenvalue weighted by Crippen LogP contribution is -2.30. The van der Waals surface area contributed by atoms with Crippen LogP contribution in [0.3, 0.4) is 0 Å². The number of nitrogens with zero attached hydrogens (tertiary/aromatic N) is 2. The molecule has 0 bridgehead atoms. The SMILES string of the molecule is COc1cc(C(=O)Nc2cc(F)ccc2N2CCCCC2)ccc1OCc1c(C)noc1C. The van der Waals surface area contributed by atoms with Gasteiger partial charge in [-0.25, -0.2) is 4.39 Å². The van der Waals surface area contributed by atoms with Crippen LogP contribution in [-0.2, 0) is 6.61 Å². The minimum Gasteiger partial charge on any atom is -0.493 e. The molecule has 1 aliphatic heterocycles. The van der Waals surface area contributed by atoms with Crippen LogP contribution in [0.2, 0.25) is 0 Å². The fourth-order valence-corrected chi connectivity index (χ4v) is 4.00. The first kappa shape index (κ1) is 22.6. The molecule has 1 aromatic heterocycles. The van der Waals surface area contributed by atoms with Gasteiger partial charge in [0.1, 0.15) is 18.2 Å². The van der Waals surface area contributed by atoms with Gasteiger partial charge in [0.05, 0.1) is 29.7 Å². The predicted molar refractivity (Wildman–Crippen MR) is 124 cm³/mol. The van der Waals surface area contributed by atoms with Crippen LogP contribution in [0.4, 0.5) is 15.8 Å². The molecule has 1 saturated heterocycles. The fraction of sp³-hybridized carbons (Fsp3) is 0.360. The molecule has 3 aromatic rings. The molecule has 8 heteroatoms. The Balaban J connectivity index is 1.51. The molecular weight excluding hydrogens is 425 g/mol. The minimum absolute atomic E-state index is 0.269. The third-order valence-corrected chi connectivity index (χ3v) is 5.88. The molecule has 33 heavy (non-hydrogen) atoms. The van der Waals surface area contributed by atoms with E-state index >= 15 is 0 Å². The second kappa shape index (κ2) is 9.94. The molecule has 7 nitrogen and oxygen atoms in total. The number of carbonyl (C=O) groups excluding carboxylic acids is 1. The highest BCUT2D eigenvalue weighted by molar-refractivity contribution is 6.06. The van der Waals surface area contributed by atoms with E-state index in [-0.39, 0.29) is 12.5 Å². The van der Waals surface area contributed by atoms with Gasteiger partial charge in [0, 0.05) is 18.7 Å². The van der Waals surface area contributed by atoms with Crippen molar-refractivity contribution in [2.75, 3.05) is 30.4 Å². The molecule has 2 heterocycles. The maximum atomic E-state index is 14.0. The van der Waals surface area contributed by atoms with E-state index in [4.69, 9.17) is 14.0 Å². The Morgan fingerprint density at radius 1 is 1.12 bits per heavy atom. The first-order valence-electron chi connectivity index (χ1n) is 11.0. The molecule has 0 spiro atoms. The van der Waals surface area contributed by atoms with Gasteiger partial charge >= 0.3 is 0 Å². The van der Waals surface area contributed by atoms with Crippen molar-refractivity contribution in [3.63, 3.8) is 0 Å². The standard InChI is InChI=1S/C25H28FN3O4/c1-16-20(17(2)33-28-16)15-32-23-10-7-18(13-24(23)31-3)25(30)27-21-14-19(26)8-9-22(21)29-11-5-4-6-12-29/h7-10,13-14H,4-6,11-12,15H2,1-3H3,(H,27,30). The molecule has 4 rings (SSSR count). The number of hydrogen-bond donors (Lipinski definition) is 1. The van der Waals surface area contributed by atoms with Gasteiger partial charge in [-0.15, -0.1) is 0 Å². The van der Waals surface area contributed by atoms with Gasteiger partial charge in [-0.2, -0.15) is 0 Å². The first-order valence-corrected chi connectivity index (χ1v) is 11.0. The number of benzene rings is 2. The zero-order chi connectivity index (χ0) is 23.4. The number of rotatable bonds is 7. The normalized spacial score (nSPS) is 13.6. The van der Waals surface area contributed by atoms with Gasteiger partial charge in [-0.3, -0.25) is 4.79 Å². The van der Waals surface area contributed by atoms with Crippen molar-refractivity contribution < 1.29 is 23.2 Å². The number of ether oxygens (including phenoxy) is 2. The molecule has 1 fully saturated rings. The Labute approximate surface area is 192 Å². The molecule has 0 unspecified atom stereocenters. The number of nitrogens with one attached hydrogen (secondary N) is 1. The minimum atomic E-state index is -0.397. The summed E-state index contributed by atoms with van der Waals surface area (Å²) >= 11 is 0. The van der Waals surface area contributed by atoms with Gasteiger partial charge in [-0.1, -0.05) is 5.16 Å². The molecule has 1 aliphatic rings. The van der Waals surface area contributed by atoms with Crippen LogP contribution in [0.15, 0.2) is 40.9 Å². The van der Waals surface area contributed by atoms with E-state index in [2.05, 4.69) is 15.4 Å². The van der Waals surface area contributed by atoms with Gasteiger partial charge in [0.2, 0.25) is 0 Å². The van der Waals surface area contributed by atoms with Gasteiger partial charge in [-0.05, 0) is 69.5 Å². The Hall–Kier alpha value is -3.55. The van der Waals surface area contributed by atoms with Gasteiger partial charge < -0.3 is 24.2 Å². The first-order chi connectivity index (χ1) is 16.0. The van der Waals surface area contributed by atoms with E-state index in [1.165, 1.54) is 25.7 Å². The summed E-state index contributed by atoms with van der Waals surface area (Å²) in [5.41, 5.74) is 3.30. The van der Waals surface area contributed by atoms with Crippen LogP contribution in [0, 0.1) is 19.7 Å². The number of piperidine rings is 1. The number of anilines is 2. The monoisotopic (exact) mass is 453 g/mol. The van der Waals surface area contributed by atoms with Crippen molar-refractivity contribution >= 4 is 17.3 Å². The average molecular weight is 454 g/mol. The zero-order valence-electron chi connectivity index (χ0n) is 19.1. The maximum Gasteiger partial charge on any atom is 0.255 e. The van der Waals surface area contributed by atoms with Crippen molar-refractivity contribution in [3.8, 4) is 11.5 Å². The van der Waals surface area contributed by atoms with Gasteiger partial charge in [0.15, 0.2) is 11.5 Å². The van der Waals surface area contributed by atoms with Crippen molar-refractivity contribution in [3.05, 3.63) is 64.8 Å². The van der Waals surface area contributed by atoms with Crippen molar-refractivity contribution in [2.24, 2.45) is 0 Å². The summed E-state index contributed by atoms with van der Waals surface area (Å²) in [6.45, 7) is 5.73. The lowest BCUT2D eigenvalue weighted by molar-refractivity contribution is 0.102. The summed E-state index contributed by atoms with van der Waals surface area (Å²) in [5.74, 6) is 0.863. The fourth-order valence-electron chi connectivity index (χ4n) is 4.00. The van der Waals surface area contributed by atoms with Gasteiger partial charge in [0.25, 0.3) is 5.91 Å². The van der Waals surface area contributed by atoms with E-state index < -0.39 is 5.82 Å². The maximum absolute atomic E-state index is 14.0. The molecule has 0 aliphatic carbocycles. The number of halogens is 1. The van der Waals surface area contributed by atoms with E-state index in [9.17, 15) is 9.18 Å². The summed E-state index contributed by atoms with van der Waals surface area (Å²) < 4.78 is 30.5. The molecule has 0 radical (unpaired) electrons. The van der Waals surface area contributed by atoms with Crippen LogP contribution < -0.4 is 19.7 Å². The molecule has 1 amide bonds. The lowest BCUT2D eigenvalue weighted by atomic mass is 10.1. The Bertz CT molecular complexity index is 1120. The van der Waals surface area contributed by atoms with E-state index in [0.29, 0.717) is 28.5 Å². The third kappa shape index (κ3) is 5.10. The van der Waals surface area contributed by atoms with Crippen LogP contribution in [-0.4, -0.2) is 31.3 Å². The smallest absolute Gasteiger partial charge is 0.255 e. The van der Waals surface area contributed by atoms with Crippen molar-refractivity contribution in [1.29, 1.82) is 0 Å². The van der Waals surface area contributed by atoms with Crippen LogP contribution in [0.25, 0.3) is 0 Å². The highest BCUT2D eigenvalue weighted by Gasteiger charge is 2.19. The topological polar surface area (TPSA) is 76.8 Å². The number of aromatic nitrogens is 1. The average Bonchev–Trinajstić information content (AvgIpc) is 3.15.